The molecule has 1 aliphatic carbocycles. The highest BCUT2D eigenvalue weighted by atomic mass is 19.1. The molecule has 4 nitrogen and oxygen atoms in total. The molecule has 1 aliphatic heterocycles. The van der Waals surface area contributed by atoms with E-state index in [4.69, 9.17) is 4.74 Å². The Kier molecular flexibility index (Phi) is 6.57. The lowest BCUT2D eigenvalue weighted by Crippen LogP contribution is -2.49. The first-order valence-electron chi connectivity index (χ1n) is 11.7. The van der Waals surface area contributed by atoms with Crippen LogP contribution in [0.5, 0.6) is 0 Å². The summed E-state index contributed by atoms with van der Waals surface area (Å²) in [5.74, 6) is 0.493. The Hall–Kier alpha value is -2.40. The summed E-state index contributed by atoms with van der Waals surface area (Å²) < 4.78 is 20.8. The van der Waals surface area contributed by atoms with E-state index < -0.39 is 5.67 Å². The second kappa shape index (κ2) is 9.22. The number of hydrogen-bond donors (Lipinski definition) is 1. The van der Waals surface area contributed by atoms with Gasteiger partial charge in [-0.3, -0.25) is 0 Å². The van der Waals surface area contributed by atoms with Gasteiger partial charge in [0.15, 0.2) is 0 Å². The molecule has 2 aromatic carbocycles. The van der Waals surface area contributed by atoms with E-state index in [1.807, 2.05) is 18.2 Å². The lowest BCUT2D eigenvalue weighted by atomic mass is 9.87. The molecule has 0 unspecified atom stereocenters. The number of hydrogen-bond acceptors (Lipinski definition) is 3. The highest BCUT2D eigenvalue weighted by molar-refractivity contribution is 5.67. The molecule has 1 saturated carbocycles. The number of likely N-dealkylation sites (tertiary alicyclic amines) is 1. The lowest BCUT2D eigenvalue weighted by molar-refractivity contribution is 0.0408. The van der Waals surface area contributed by atoms with Crippen LogP contribution in [0.15, 0.2) is 54.6 Å². The zero-order valence-electron chi connectivity index (χ0n) is 19.4. The van der Waals surface area contributed by atoms with Gasteiger partial charge >= 0.3 is 6.09 Å². The molecule has 1 N–H and O–H groups in total. The van der Waals surface area contributed by atoms with Gasteiger partial charge in [-0.2, -0.15) is 0 Å². The number of alkyl halides is 1. The molecule has 2 atom stereocenters. The van der Waals surface area contributed by atoms with Gasteiger partial charge in [0.05, 0.1) is 0 Å². The van der Waals surface area contributed by atoms with Crippen molar-refractivity contribution in [2.45, 2.75) is 69.7 Å². The van der Waals surface area contributed by atoms with Crippen LogP contribution in [0.3, 0.4) is 0 Å². The van der Waals surface area contributed by atoms with Crippen LogP contribution in [0.25, 0.3) is 0 Å². The van der Waals surface area contributed by atoms with Gasteiger partial charge in [-0.1, -0.05) is 75.4 Å². The first-order valence-corrected chi connectivity index (χ1v) is 11.7. The van der Waals surface area contributed by atoms with Crippen molar-refractivity contribution in [1.82, 2.24) is 10.2 Å². The predicted octanol–water partition coefficient (Wildman–Crippen LogP) is 5.57. The van der Waals surface area contributed by atoms with Gasteiger partial charge in [0.2, 0.25) is 0 Å². The maximum absolute atomic E-state index is 15.3. The molecule has 2 aromatic rings. The van der Waals surface area contributed by atoms with Crippen molar-refractivity contribution >= 4 is 6.09 Å². The third-order valence-electron chi connectivity index (χ3n) is 6.80. The summed E-state index contributed by atoms with van der Waals surface area (Å²) in [6.45, 7) is 7.90. The number of benzene rings is 2. The number of rotatable bonds is 6. The maximum Gasteiger partial charge on any atom is 0.410 e. The van der Waals surface area contributed by atoms with Crippen LogP contribution >= 0.6 is 0 Å². The van der Waals surface area contributed by atoms with Crippen LogP contribution < -0.4 is 5.32 Å². The van der Waals surface area contributed by atoms with Crippen LogP contribution in [-0.2, 0) is 16.8 Å². The summed E-state index contributed by atoms with van der Waals surface area (Å²) in [6, 6.07) is 18.9. The Labute approximate surface area is 191 Å². The molecular weight excluding hydrogens is 403 g/mol. The molecule has 0 aromatic heterocycles. The monoisotopic (exact) mass is 438 g/mol. The van der Waals surface area contributed by atoms with Crippen LogP contribution in [-0.4, -0.2) is 42.3 Å². The molecule has 0 radical (unpaired) electrons. The minimum atomic E-state index is -1.26. The number of carbonyl (C=O) groups excluding carboxylic acids is 1. The first-order chi connectivity index (χ1) is 15.2. The summed E-state index contributed by atoms with van der Waals surface area (Å²) in [4.78, 5) is 14.1. The number of nitrogens with one attached hydrogen (secondary N) is 1. The Bertz CT molecular complexity index is 900. The smallest absolute Gasteiger partial charge is 0.410 e. The van der Waals surface area contributed by atoms with E-state index in [1.54, 1.807) is 4.90 Å². The van der Waals surface area contributed by atoms with Gasteiger partial charge in [-0.25, -0.2) is 9.18 Å². The Morgan fingerprint density at radius 2 is 1.75 bits per heavy atom. The number of amides is 1. The van der Waals surface area contributed by atoms with E-state index in [-0.39, 0.29) is 18.1 Å². The van der Waals surface area contributed by atoms with Crippen LogP contribution in [0, 0.1) is 0 Å². The highest BCUT2D eigenvalue weighted by Gasteiger charge is 2.42. The fourth-order valence-electron chi connectivity index (χ4n) is 4.41. The van der Waals surface area contributed by atoms with Gasteiger partial charge in [-0.15, -0.1) is 0 Å². The maximum atomic E-state index is 15.3. The molecule has 1 heterocycles. The van der Waals surface area contributed by atoms with E-state index in [1.165, 1.54) is 11.1 Å². The highest BCUT2D eigenvalue weighted by Crippen LogP contribution is 2.41. The Morgan fingerprint density at radius 3 is 2.38 bits per heavy atom. The normalized spacial score (nSPS) is 22.4. The van der Waals surface area contributed by atoms with Crippen molar-refractivity contribution in [1.29, 1.82) is 0 Å². The minimum Gasteiger partial charge on any atom is -0.445 e. The van der Waals surface area contributed by atoms with E-state index in [0.717, 1.165) is 12.0 Å². The molecule has 2 aliphatic rings. The largest absolute Gasteiger partial charge is 0.445 e. The molecule has 4 rings (SSSR count). The van der Waals surface area contributed by atoms with Gasteiger partial charge in [-0.05, 0) is 28.5 Å². The van der Waals surface area contributed by atoms with Crippen molar-refractivity contribution in [2.24, 2.45) is 0 Å². The zero-order valence-corrected chi connectivity index (χ0v) is 19.4. The van der Waals surface area contributed by atoms with Gasteiger partial charge in [0, 0.05) is 44.4 Å². The molecular formula is C27H35FN2O2. The average Bonchev–Trinajstić information content (AvgIpc) is 3.57. The number of piperidine rings is 1. The molecule has 1 saturated heterocycles. The number of halogens is 1. The fraction of sp³-hybridized carbons (Fsp3) is 0.519. The van der Waals surface area contributed by atoms with Crippen molar-refractivity contribution in [3.05, 3.63) is 71.3 Å². The van der Waals surface area contributed by atoms with Crippen LogP contribution in [0.1, 0.15) is 62.6 Å². The van der Waals surface area contributed by atoms with Crippen molar-refractivity contribution in [3.63, 3.8) is 0 Å². The second-order valence-corrected chi connectivity index (χ2v) is 10.4. The third-order valence-corrected chi connectivity index (χ3v) is 6.80. The summed E-state index contributed by atoms with van der Waals surface area (Å²) in [7, 11) is 0. The third kappa shape index (κ3) is 5.69. The van der Waals surface area contributed by atoms with Gasteiger partial charge in [0.1, 0.15) is 12.3 Å². The van der Waals surface area contributed by atoms with Crippen molar-refractivity contribution < 1.29 is 13.9 Å². The van der Waals surface area contributed by atoms with E-state index in [0.29, 0.717) is 44.4 Å². The topological polar surface area (TPSA) is 41.6 Å². The fourth-order valence-corrected chi connectivity index (χ4v) is 4.41. The Morgan fingerprint density at radius 1 is 1.09 bits per heavy atom. The molecule has 32 heavy (non-hydrogen) atoms. The zero-order chi connectivity index (χ0) is 22.8. The van der Waals surface area contributed by atoms with Crippen molar-refractivity contribution in [3.8, 4) is 0 Å². The van der Waals surface area contributed by atoms with Gasteiger partial charge in [0.25, 0.3) is 0 Å². The molecule has 0 spiro atoms. The lowest BCUT2D eigenvalue weighted by Gasteiger charge is -2.36. The first kappa shape index (κ1) is 22.8. The summed E-state index contributed by atoms with van der Waals surface area (Å²) in [5, 5.41) is 3.41. The molecule has 0 bridgehead atoms. The van der Waals surface area contributed by atoms with Crippen LogP contribution in [0.4, 0.5) is 9.18 Å². The SMILES string of the molecule is CC(C)(C)c1ccc(COC(=O)N2CCC(F)(CN[C@@H]3C[C@H]3c3ccccc3)CC2)cc1. The molecule has 2 fully saturated rings. The number of nitrogens with zero attached hydrogens (tertiary/aromatic N) is 1. The minimum absolute atomic E-state index is 0.0959. The second-order valence-electron chi connectivity index (χ2n) is 10.4. The van der Waals surface area contributed by atoms with Gasteiger partial charge < -0.3 is 15.0 Å². The summed E-state index contributed by atoms with van der Waals surface area (Å²) >= 11 is 0. The van der Waals surface area contributed by atoms with E-state index in [9.17, 15) is 4.79 Å². The molecule has 172 valence electrons. The van der Waals surface area contributed by atoms with Crippen molar-refractivity contribution in [2.75, 3.05) is 19.6 Å². The average molecular weight is 439 g/mol. The standard InChI is InChI=1S/C27H35FN2O2/c1-26(2,3)22-11-9-20(10-12-22)18-32-25(31)30-15-13-27(28,14-16-30)19-29-24-17-23(24)21-7-5-4-6-8-21/h4-12,23-24,29H,13-19H2,1-3H3/t23-,24+/m0/s1. The van der Waals surface area contributed by atoms with Crippen LogP contribution in [0.2, 0.25) is 0 Å². The summed E-state index contributed by atoms with van der Waals surface area (Å²) in [6.07, 6.45) is 1.40. The number of ether oxygens (including phenoxy) is 1. The van der Waals surface area contributed by atoms with E-state index >= 15 is 4.39 Å². The molecule has 5 heteroatoms. The summed E-state index contributed by atoms with van der Waals surface area (Å²) in [5.41, 5.74) is 2.37. The molecule has 1 amide bonds. The van der Waals surface area contributed by atoms with E-state index in [2.05, 4.69) is 62.5 Å². The Balaban J connectivity index is 1.18. The number of carbonyl (C=O) groups is 1. The quantitative estimate of drug-likeness (QED) is 0.641. The predicted molar refractivity (Wildman–Crippen MR) is 126 cm³/mol.